The second-order valence-corrected chi connectivity index (χ2v) is 4.37. The summed E-state index contributed by atoms with van der Waals surface area (Å²) in [6.45, 7) is 4.26. The van der Waals surface area contributed by atoms with Gasteiger partial charge in [0.25, 0.3) is 0 Å². The van der Waals surface area contributed by atoms with Gasteiger partial charge in [-0.25, -0.2) is 4.98 Å². The Morgan fingerprint density at radius 1 is 1.46 bits per heavy atom. The first-order valence-corrected chi connectivity index (χ1v) is 5.20. The van der Waals surface area contributed by atoms with Crippen LogP contribution in [0, 0.1) is 0 Å². The second-order valence-electron chi connectivity index (χ2n) is 3.42. The van der Waals surface area contributed by atoms with Crippen molar-refractivity contribution in [1.29, 1.82) is 0 Å². The molecule has 2 nitrogen and oxygen atoms in total. The molecule has 0 aliphatic rings. The van der Waals surface area contributed by atoms with Crippen LogP contribution in [0.3, 0.4) is 0 Å². The first-order chi connectivity index (χ1) is 6.18. The molecule has 0 unspecified atom stereocenters. The predicted molar refractivity (Wildman–Crippen MR) is 58.1 cm³/mol. The van der Waals surface area contributed by atoms with Crippen molar-refractivity contribution in [3.63, 3.8) is 0 Å². The Hall–Kier alpha value is -1.09. The van der Waals surface area contributed by atoms with Gasteiger partial charge in [0.2, 0.25) is 0 Å². The van der Waals surface area contributed by atoms with Crippen LogP contribution in [0.4, 0.5) is 5.82 Å². The maximum absolute atomic E-state index is 5.84. The molecular weight excluding hydrogens is 180 g/mol. The first kappa shape index (κ1) is 8.51. The van der Waals surface area contributed by atoms with E-state index in [-0.39, 0.29) is 0 Å². The Morgan fingerprint density at radius 3 is 2.92 bits per heavy atom. The summed E-state index contributed by atoms with van der Waals surface area (Å²) in [5.41, 5.74) is 7.99. The summed E-state index contributed by atoms with van der Waals surface area (Å²) in [5.74, 6) is 1.11. The molecule has 2 aromatic rings. The number of hydrogen-bond acceptors (Lipinski definition) is 3. The third-order valence-corrected chi connectivity index (χ3v) is 2.97. The molecule has 0 aromatic carbocycles. The number of rotatable bonds is 1. The number of hydrogen-bond donors (Lipinski definition) is 1. The van der Waals surface area contributed by atoms with E-state index < -0.39 is 0 Å². The SMILES string of the molecule is CC(C)c1cc2sccc2nc1N. The summed E-state index contributed by atoms with van der Waals surface area (Å²) in [6, 6.07) is 4.15. The van der Waals surface area contributed by atoms with Crippen molar-refractivity contribution in [2.75, 3.05) is 5.73 Å². The van der Waals surface area contributed by atoms with E-state index in [2.05, 4.69) is 24.9 Å². The average molecular weight is 192 g/mol. The van der Waals surface area contributed by atoms with Crippen molar-refractivity contribution >= 4 is 27.4 Å². The van der Waals surface area contributed by atoms with Gasteiger partial charge in [0.1, 0.15) is 5.82 Å². The van der Waals surface area contributed by atoms with Crippen LogP contribution in [0.15, 0.2) is 17.5 Å². The van der Waals surface area contributed by atoms with Gasteiger partial charge in [-0.05, 0) is 29.0 Å². The zero-order valence-corrected chi connectivity index (χ0v) is 8.56. The summed E-state index contributed by atoms with van der Waals surface area (Å²) in [4.78, 5) is 4.35. The van der Waals surface area contributed by atoms with E-state index in [0.29, 0.717) is 11.7 Å². The van der Waals surface area contributed by atoms with Crippen LogP contribution in [0.1, 0.15) is 25.3 Å². The van der Waals surface area contributed by atoms with E-state index in [4.69, 9.17) is 5.73 Å². The molecule has 2 heterocycles. The normalized spacial score (nSPS) is 11.3. The van der Waals surface area contributed by atoms with E-state index in [0.717, 1.165) is 11.1 Å². The highest BCUT2D eigenvalue weighted by atomic mass is 32.1. The highest BCUT2D eigenvalue weighted by Gasteiger charge is 2.07. The van der Waals surface area contributed by atoms with Gasteiger partial charge in [-0.3, -0.25) is 0 Å². The molecule has 0 radical (unpaired) electrons. The van der Waals surface area contributed by atoms with Crippen LogP contribution in [-0.2, 0) is 0 Å². The Balaban J connectivity index is 2.69. The van der Waals surface area contributed by atoms with Gasteiger partial charge in [-0.15, -0.1) is 11.3 Å². The van der Waals surface area contributed by atoms with Crippen molar-refractivity contribution < 1.29 is 0 Å². The number of fused-ring (bicyclic) bond motifs is 1. The van der Waals surface area contributed by atoms with E-state index in [9.17, 15) is 0 Å². The summed E-state index contributed by atoms with van der Waals surface area (Å²) in [6.07, 6.45) is 0. The molecule has 2 rings (SSSR count). The molecular formula is C10H12N2S. The molecule has 0 aliphatic heterocycles. The maximum Gasteiger partial charge on any atom is 0.127 e. The monoisotopic (exact) mass is 192 g/mol. The molecule has 0 saturated carbocycles. The van der Waals surface area contributed by atoms with Gasteiger partial charge >= 0.3 is 0 Å². The number of nitrogens with two attached hydrogens (primary N) is 1. The minimum Gasteiger partial charge on any atom is -0.383 e. The molecule has 2 N–H and O–H groups in total. The number of anilines is 1. The summed E-state index contributed by atoms with van der Waals surface area (Å²) in [7, 11) is 0. The highest BCUT2D eigenvalue weighted by molar-refractivity contribution is 7.17. The van der Waals surface area contributed by atoms with Crippen molar-refractivity contribution in [1.82, 2.24) is 4.98 Å². The van der Waals surface area contributed by atoms with Gasteiger partial charge in [-0.1, -0.05) is 13.8 Å². The fourth-order valence-corrected chi connectivity index (χ4v) is 2.16. The molecule has 2 aromatic heterocycles. The molecule has 0 fully saturated rings. The number of thiophene rings is 1. The fourth-order valence-electron chi connectivity index (χ4n) is 1.39. The fraction of sp³-hybridized carbons (Fsp3) is 0.300. The van der Waals surface area contributed by atoms with E-state index in [1.165, 1.54) is 4.70 Å². The maximum atomic E-state index is 5.84. The molecule has 0 aliphatic carbocycles. The molecule has 13 heavy (non-hydrogen) atoms. The predicted octanol–water partition coefficient (Wildman–Crippen LogP) is 3.00. The lowest BCUT2D eigenvalue weighted by Gasteiger charge is -2.07. The minimum atomic E-state index is 0.444. The van der Waals surface area contributed by atoms with E-state index in [1.807, 2.05) is 11.4 Å². The number of pyridine rings is 1. The van der Waals surface area contributed by atoms with Gasteiger partial charge in [-0.2, -0.15) is 0 Å². The van der Waals surface area contributed by atoms with Crippen LogP contribution in [0.5, 0.6) is 0 Å². The Labute approximate surface area is 81.4 Å². The largest absolute Gasteiger partial charge is 0.383 e. The van der Waals surface area contributed by atoms with Crippen molar-refractivity contribution in [3.8, 4) is 0 Å². The van der Waals surface area contributed by atoms with Gasteiger partial charge in [0.05, 0.1) is 10.2 Å². The van der Waals surface area contributed by atoms with Crippen molar-refractivity contribution in [3.05, 3.63) is 23.1 Å². The van der Waals surface area contributed by atoms with Crippen LogP contribution < -0.4 is 5.73 Å². The van der Waals surface area contributed by atoms with E-state index >= 15 is 0 Å². The summed E-state index contributed by atoms with van der Waals surface area (Å²) in [5, 5.41) is 2.04. The molecule has 0 saturated heterocycles. The smallest absolute Gasteiger partial charge is 0.127 e. The molecule has 0 atom stereocenters. The Kier molecular flexibility index (Phi) is 1.96. The molecule has 68 valence electrons. The van der Waals surface area contributed by atoms with Gasteiger partial charge in [0.15, 0.2) is 0 Å². The second kappa shape index (κ2) is 3.00. The van der Waals surface area contributed by atoms with E-state index in [1.54, 1.807) is 11.3 Å². The number of nitrogens with zero attached hydrogens (tertiary/aromatic N) is 1. The number of nitrogen functional groups attached to an aromatic ring is 1. The average Bonchev–Trinajstić information content (AvgIpc) is 2.48. The zero-order chi connectivity index (χ0) is 9.42. The lowest BCUT2D eigenvalue weighted by Crippen LogP contribution is -1.98. The summed E-state index contributed by atoms with van der Waals surface area (Å²) < 4.78 is 1.22. The molecule has 0 spiro atoms. The van der Waals surface area contributed by atoms with Crippen molar-refractivity contribution in [2.45, 2.75) is 19.8 Å². The highest BCUT2D eigenvalue weighted by Crippen LogP contribution is 2.27. The van der Waals surface area contributed by atoms with Gasteiger partial charge < -0.3 is 5.73 Å². The topological polar surface area (TPSA) is 38.9 Å². The number of aromatic nitrogens is 1. The Bertz CT molecular complexity index is 431. The van der Waals surface area contributed by atoms with Crippen molar-refractivity contribution in [2.24, 2.45) is 0 Å². The molecule has 0 amide bonds. The standard InChI is InChI=1S/C10H12N2S/c1-6(2)7-5-9-8(3-4-13-9)12-10(7)11/h3-6H,1-2H3,(H2,11,12). The third kappa shape index (κ3) is 1.40. The lowest BCUT2D eigenvalue weighted by atomic mass is 10.0. The quantitative estimate of drug-likeness (QED) is 0.754. The van der Waals surface area contributed by atoms with Crippen LogP contribution in [0.25, 0.3) is 10.2 Å². The van der Waals surface area contributed by atoms with Crippen LogP contribution in [-0.4, -0.2) is 4.98 Å². The molecule has 0 bridgehead atoms. The van der Waals surface area contributed by atoms with Crippen LogP contribution >= 0.6 is 11.3 Å². The van der Waals surface area contributed by atoms with Gasteiger partial charge in [0, 0.05) is 0 Å². The zero-order valence-electron chi connectivity index (χ0n) is 7.74. The minimum absolute atomic E-state index is 0.444. The third-order valence-electron chi connectivity index (χ3n) is 2.12. The Morgan fingerprint density at radius 2 is 2.23 bits per heavy atom. The van der Waals surface area contributed by atoms with Crippen LogP contribution in [0.2, 0.25) is 0 Å². The lowest BCUT2D eigenvalue weighted by molar-refractivity contribution is 0.867. The summed E-state index contributed by atoms with van der Waals surface area (Å²) >= 11 is 1.71. The molecule has 3 heteroatoms. The first-order valence-electron chi connectivity index (χ1n) is 4.32.